The van der Waals surface area contributed by atoms with E-state index in [4.69, 9.17) is 15.0 Å². The molecule has 0 bridgehead atoms. The number of nitrogens with two attached hydrogens (primary N) is 1. The summed E-state index contributed by atoms with van der Waals surface area (Å²) in [7, 11) is 0. The zero-order valence-electron chi connectivity index (χ0n) is 18.4. The third-order valence-electron chi connectivity index (χ3n) is 5.57. The van der Waals surface area contributed by atoms with Gasteiger partial charge in [0, 0.05) is 42.9 Å². The van der Waals surface area contributed by atoms with Gasteiger partial charge in [-0.3, -0.25) is 9.59 Å². The van der Waals surface area contributed by atoms with Gasteiger partial charge in [-0.05, 0) is 44.0 Å². The summed E-state index contributed by atoms with van der Waals surface area (Å²) in [6.45, 7) is 2.64. The number of unbranched alkanes of at least 4 members (excludes halogenated alkanes) is 2. The molecule has 3 N–H and O–H groups in total. The fourth-order valence-corrected chi connectivity index (χ4v) is 3.79. The standard InChI is InChI=1S/C23H27N3O7/c1-14-17-7-6-16(24)11-18(17)32-23(31)22(14)15(13-27)12-25-10-4-2-3-5-21(30)33-26-19(28)8-9-20(26)29/h6-7,11,13,15,25H,2-5,8-10,12,24H2,1H3. The molecule has 1 aliphatic heterocycles. The summed E-state index contributed by atoms with van der Waals surface area (Å²) in [6.07, 6.45) is 2.91. The first-order valence-electron chi connectivity index (χ1n) is 10.9. The number of rotatable bonds is 11. The van der Waals surface area contributed by atoms with Crippen LogP contribution in [0.3, 0.4) is 0 Å². The number of hydrogen-bond acceptors (Lipinski definition) is 9. The van der Waals surface area contributed by atoms with Crippen LogP contribution in [0.4, 0.5) is 5.69 Å². The maximum atomic E-state index is 12.5. The van der Waals surface area contributed by atoms with Crippen LogP contribution in [-0.2, 0) is 24.0 Å². The number of carbonyl (C=O) groups excluding carboxylic acids is 4. The molecule has 33 heavy (non-hydrogen) atoms. The normalized spacial score (nSPS) is 14.6. The van der Waals surface area contributed by atoms with Gasteiger partial charge in [-0.2, -0.15) is 0 Å². The molecule has 2 heterocycles. The first-order chi connectivity index (χ1) is 15.8. The SMILES string of the molecule is Cc1c(C(C=O)CNCCCCCC(=O)ON2C(=O)CCC2=O)c(=O)oc2cc(N)ccc12. The molecule has 0 spiro atoms. The number of hydroxylamine groups is 2. The van der Waals surface area contributed by atoms with Crippen molar-refractivity contribution in [3.8, 4) is 0 Å². The number of hydrogen-bond donors (Lipinski definition) is 2. The Labute approximate surface area is 190 Å². The number of nitrogens with zero attached hydrogens (tertiary/aromatic N) is 1. The Bertz CT molecular complexity index is 1110. The maximum absolute atomic E-state index is 12.5. The van der Waals surface area contributed by atoms with Gasteiger partial charge in [0.1, 0.15) is 11.9 Å². The van der Waals surface area contributed by atoms with E-state index in [9.17, 15) is 24.0 Å². The molecule has 10 nitrogen and oxygen atoms in total. The van der Waals surface area contributed by atoms with Crippen LogP contribution in [0, 0.1) is 6.92 Å². The lowest BCUT2D eigenvalue weighted by Crippen LogP contribution is -2.32. The smallest absolute Gasteiger partial charge is 0.340 e. The zero-order chi connectivity index (χ0) is 24.0. The Balaban J connectivity index is 1.43. The highest BCUT2D eigenvalue weighted by Gasteiger charge is 2.32. The van der Waals surface area contributed by atoms with E-state index < -0.39 is 29.3 Å². The van der Waals surface area contributed by atoms with E-state index in [0.29, 0.717) is 46.8 Å². The van der Waals surface area contributed by atoms with Gasteiger partial charge in [-0.25, -0.2) is 9.59 Å². The molecule has 3 rings (SSSR count). The van der Waals surface area contributed by atoms with Crippen LogP contribution in [0.2, 0.25) is 0 Å². The monoisotopic (exact) mass is 457 g/mol. The van der Waals surface area contributed by atoms with Crippen molar-refractivity contribution in [1.29, 1.82) is 0 Å². The molecule has 1 unspecified atom stereocenters. The van der Waals surface area contributed by atoms with Gasteiger partial charge < -0.3 is 25.1 Å². The highest BCUT2D eigenvalue weighted by molar-refractivity contribution is 6.01. The van der Waals surface area contributed by atoms with Gasteiger partial charge in [0.25, 0.3) is 11.8 Å². The number of carbonyl (C=O) groups is 4. The van der Waals surface area contributed by atoms with E-state index in [-0.39, 0.29) is 25.8 Å². The molecule has 1 atom stereocenters. The molecule has 1 aliphatic rings. The third kappa shape index (κ3) is 5.83. The molecule has 1 aromatic carbocycles. The van der Waals surface area contributed by atoms with E-state index in [2.05, 4.69) is 5.32 Å². The van der Waals surface area contributed by atoms with Crippen LogP contribution in [0.15, 0.2) is 27.4 Å². The van der Waals surface area contributed by atoms with Gasteiger partial charge in [-0.15, -0.1) is 5.06 Å². The van der Waals surface area contributed by atoms with Gasteiger partial charge in [-0.1, -0.05) is 6.42 Å². The van der Waals surface area contributed by atoms with Gasteiger partial charge in [0.05, 0.1) is 11.5 Å². The summed E-state index contributed by atoms with van der Waals surface area (Å²) in [5.41, 5.74) is 7.07. The topological polar surface area (TPSA) is 149 Å². The lowest BCUT2D eigenvalue weighted by molar-refractivity contribution is -0.197. The molecule has 2 aromatic rings. The fourth-order valence-electron chi connectivity index (χ4n) is 3.79. The molecule has 2 amide bonds. The lowest BCUT2D eigenvalue weighted by Gasteiger charge is -2.15. The fraction of sp³-hybridized carbons (Fsp3) is 0.435. The van der Waals surface area contributed by atoms with Crippen molar-refractivity contribution in [2.45, 2.75) is 51.4 Å². The molecular formula is C23H27N3O7. The summed E-state index contributed by atoms with van der Waals surface area (Å²) in [5.74, 6) is -2.27. The third-order valence-corrected chi connectivity index (χ3v) is 5.57. The van der Waals surface area contributed by atoms with E-state index >= 15 is 0 Å². The second-order valence-corrected chi connectivity index (χ2v) is 7.99. The summed E-state index contributed by atoms with van der Waals surface area (Å²) in [4.78, 5) is 63.6. The Hall–Kier alpha value is -3.53. The summed E-state index contributed by atoms with van der Waals surface area (Å²) in [6, 6.07) is 5.06. The van der Waals surface area contributed by atoms with Crippen molar-refractivity contribution >= 4 is 40.7 Å². The van der Waals surface area contributed by atoms with E-state index in [0.717, 1.165) is 18.1 Å². The average molecular weight is 457 g/mol. The summed E-state index contributed by atoms with van der Waals surface area (Å²) in [5, 5.41) is 4.44. The summed E-state index contributed by atoms with van der Waals surface area (Å²) < 4.78 is 5.37. The number of benzene rings is 1. The average Bonchev–Trinajstić information content (AvgIpc) is 3.08. The first kappa shape index (κ1) is 24.1. The van der Waals surface area contributed by atoms with E-state index in [1.165, 1.54) is 0 Å². The minimum Gasteiger partial charge on any atom is -0.422 e. The number of aryl methyl sites for hydroxylation is 1. The van der Waals surface area contributed by atoms with Crippen molar-refractivity contribution in [1.82, 2.24) is 10.4 Å². The minimum absolute atomic E-state index is 0.0643. The van der Waals surface area contributed by atoms with Crippen LogP contribution in [-0.4, -0.2) is 42.2 Å². The van der Waals surface area contributed by atoms with Crippen LogP contribution in [0.1, 0.15) is 55.6 Å². The predicted molar refractivity (Wildman–Crippen MR) is 119 cm³/mol. The van der Waals surface area contributed by atoms with Gasteiger partial charge in [0.2, 0.25) is 0 Å². The van der Waals surface area contributed by atoms with Gasteiger partial charge in [0.15, 0.2) is 0 Å². The second-order valence-electron chi connectivity index (χ2n) is 7.99. The van der Waals surface area contributed by atoms with Crippen molar-refractivity contribution in [2.24, 2.45) is 0 Å². The quantitative estimate of drug-likeness (QED) is 0.169. The number of nitrogens with one attached hydrogen (secondary N) is 1. The molecule has 0 radical (unpaired) electrons. The molecule has 10 heteroatoms. The van der Waals surface area contributed by atoms with Crippen LogP contribution < -0.4 is 16.7 Å². The number of fused-ring (bicyclic) bond motifs is 1. The largest absolute Gasteiger partial charge is 0.422 e. The number of imide groups is 1. The molecule has 0 saturated carbocycles. The van der Waals surface area contributed by atoms with Crippen LogP contribution in [0.25, 0.3) is 11.0 Å². The number of amides is 2. The van der Waals surface area contributed by atoms with Crippen LogP contribution >= 0.6 is 0 Å². The van der Waals surface area contributed by atoms with Crippen LogP contribution in [0.5, 0.6) is 0 Å². The minimum atomic E-state index is -0.659. The molecule has 0 aliphatic carbocycles. The number of nitrogen functional groups attached to an aromatic ring is 1. The molecule has 1 saturated heterocycles. The Morgan fingerprint density at radius 1 is 1.21 bits per heavy atom. The second kappa shape index (κ2) is 10.9. The molecule has 1 aromatic heterocycles. The van der Waals surface area contributed by atoms with Crippen molar-refractivity contribution in [3.63, 3.8) is 0 Å². The molecule has 176 valence electrons. The maximum Gasteiger partial charge on any atom is 0.340 e. The highest BCUT2D eigenvalue weighted by atomic mass is 16.7. The van der Waals surface area contributed by atoms with Crippen molar-refractivity contribution in [2.75, 3.05) is 18.8 Å². The lowest BCUT2D eigenvalue weighted by atomic mass is 9.95. The Morgan fingerprint density at radius 3 is 2.64 bits per heavy atom. The first-order valence-corrected chi connectivity index (χ1v) is 10.9. The Kier molecular flexibility index (Phi) is 7.94. The molecular weight excluding hydrogens is 430 g/mol. The Morgan fingerprint density at radius 2 is 1.94 bits per heavy atom. The van der Waals surface area contributed by atoms with Gasteiger partial charge >= 0.3 is 11.6 Å². The summed E-state index contributed by atoms with van der Waals surface area (Å²) >= 11 is 0. The highest BCUT2D eigenvalue weighted by Crippen LogP contribution is 2.25. The van der Waals surface area contributed by atoms with E-state index in [1.54, 1.807) is 25.1 Å². The molecule has 1 fully saturated rings. The van der Waals surface area contributed by atoms with Crippen molar-refractivity contribution < 1.29 is 28.4 Å². The van der Waals surface area contributed by atoms with E-state index in [1.807, 2.05) is 0 Å². The number of anilines is 1. The number of aldehydes is 1. The predicted octanol–water partition coefficient (Wildman–Crippen LogP) is 1.72. The van der Waals surface area contributed by atoms with Crippen molar-refractivity contribution in [3.05, 3.63) is 39.7 Å². The zero-order valence-corrected chi connectivity index (χ0v) is 18.4.